The van der Waals surface area contributed by atoms with Crippen LogP contribution in [0.1, 0.15) is 13.8 Å². The van der Waals surface area contributed by atoms with Crippen molar-refractivity contribution in [2.75, 3.05) is 0 Å². The predicted molar refractivity (Wildman–Crippen MR) is 109 cm³/mol. The number of pyridine rings is 3. The van der Waals surface area contributed by atoms with Crippen molar-refractivity contribution in [2.45, 2.75) is 24.7 Å². The molecule has 0 aliphatic heterocycles. The Morgan fingerprint density at radius 1 is 0.667 bits per heavy atom. The van der Waals surface area contributed by atoms with Crippen molar-refractivity contribution < 1.29 is 31.3 Å². The molecule has 146 valence electrons. The van der Waals surface area contributed by atoms with Gasteiger partial charge in [0.1, 0.15) is 0 Å². The van der Waals surface area contributed by atoms with Gasteiger partial charge in [0.25, 0.3) is 0 Å². The van der Waals surface area contributed by atoms with Crippen molar-refractivity contribution in [3.8, 4) is 22.8 Å². The summed E-state index contributed by atoms with van der Waals surface area (Å²) >= 11 is 8.35. The Labute approximate surface area is 185 Å². The monoisotopic (exact) mass is 582 g/mol. The molecule has 0 radical (unpaired) electrons. The summed E-state index contributed by atoms with van der Waals surface area (Å²) < 4.78 is 0. The Hall–Kier alpha value is -1.24. The van der Waals surface area contributed by atoms with E-state index >= 15 is 0 Å². The summed E-state index contributed by atoms with van der Waals surface area (Å²) in [5, 5.41) is 15.7. The van der Waals surface area contributed by atoms with Crippen LogP contribution >= 0.6 is 0 Å². The first kappa shape index (κ1) is 25.8. The minimum Gasteiger partial charge on any atom is -0.762 e. The zero-order valence-corrected chi connectivity index (χ0v) is 18.8. The van der Waals surface area contributed by atoms with Crippen molar-refractivity contribution in [3.05, 3.63) is 67.0 Å². The molecule has 3 aromatic heterocycles. The molecule has 3 rings (SSSR count). The molecular formula is C19H21N3O2PtS2. The van der Waals surface area contributed by atoms with Crippen LogP contribution in [0.25, 0.3) is 22.8 Å². The average molecular weight is 583 g/mol. The van der Waals surface area contributed by atoms with Crippen LogP contribution in [0.4, 0.5) is 0 Å². The van der Waals surface area contributed by atoms with E-state index in [1.165, 1.54) is 13.8 Å². The molecule has 27 heavy (non-hydrogen) atoms. The minimum atomic E-state index is -0.583. The fourth-order valence-electron chi connectivity index (χ4n) is 1.75. The minimum absolute atomic E-state index is 0. The van der Waals surface area contributed by atoms with E-state index in [-0.39, 0.29) is 21.1 Å². The molecule has 5 nitrogen and oxygen atoms in total. The Kier molecular flexibility index (Phi) is 14.1. The quantitative estimate of drug-likeness (QED) is 0.450. The van der Waals surface area contributed by atoms with Gasteiger partial charge >= 0.3 is 21.1 Å². The van der Waals surface area contributed by atoms with Crippen molar-refractivity contribution >= 4 is 25.3 Å². The first-order valence-electron chi connectivity index (χ1n) is 7.87. The van der Waals surface area contributed by atoms with Crippen molar-refractivity contribution in [1.82, 2.24) is 15.0 Å². The molecule has 0 aliphatic carbocycles. The fourth-order valence-corrected chi connectivity index (χ4v) is 1.75. The molecule has 0 fully saturated rings. The molecule has 0 aromatic carbocycles. The maximum Gasteiger partial charge on any atom is 2.00 e. The Morgan fingerprint density at radius 2 is 1.00 bits per heavy atom. The molecular weight excluding hydrogens is 561 g/mol. The smallest absolute Gasteiger partial charge is 0.762 e. The largest absolute Gasteiger partial charge is 2.00 e. The van der Waals surface area contributed by atoms with Gasteiger partial charge in [0.05, 0.1) is 22.8 Å². The van der Waals surface area contributed by atoms with Crippen LogP contribution in [0, 0.1) is 0 Å². The SMILES string of the molecule is CC(O)[S-].CC(O)[S-].[Pt+2].c1ccc(-c2cccc(-c3ccccn3)n2)nc1. The van der Waals surface area contributed by atoms with Gasteiger partial charge in [0.2, 0.25) is 0 Å². The van der Waals surface area contributed by atoms with Crippen LogP contribution in [0.2, 0.25) is 0 Å². The summed E-state index contributed by atoms with van der Waals surface area (Å²) in [5.74, 6) is 0. The summed E-state index contributed by atoms with van der Waals surface area (Å²) in [4.78, 5) is 13.2. The number of aromatic nitrogens is 3. The number of nitrogens with zero attached hydrogens (tertiary/aromatic N) is 3. The molecule has 0 spiro atoms. The van der Waals surface area contributed by atoms with Crippen LogP contribution in [-0.2, 0) is 46.3 Å². The summed E-state index contributed by atoms with van der Waals surface area (Å²) in [5.41, 5.74) is 2.29. The first-order chi connectivity index (χ1) is 12.4. The zero-order chi connectivity index (χ0) is 19.4. The van der Waals surface area contributed by atoms with Gasteiger partial charge < -0.3 is 35.5 Å². The number of hydrogen-bond donors (Lipinski definition) is 2. The van der Waals surface area contributed by atoms with E-state index in [0.29, 0.717) is 0 Å². The summed E-state index contributed by atoms with van der Waals surface area (Å²) in [7, 11) is 0. The van der Waals surface area contributed by atoms with Crippen LogP contribution in [0.3, 0.4) is 0 Å². The van der Waals surface area contributed by atoms with Crippen LogP contribution < -0.4 is 0 Å². The van der Waals surface area contributed by atoms with E-state index in [1.54, 1.807) is 12.4 Å². The molecule has 0 saturated heterocycles. The van der Waals surface area contributed by atoms with Gasteiger partial charge in [-0.1, -0.05) is 42.9 Å². The molecule has 0 aliphatic rings. The molecule has 3 aromatic rings. The molecule has 0 saturated carbocycles. The number of aliphatic hydroxyl groups excluding tert-OH is 2. The van der Waals surface area contributed by atoms with Gasteiger partial charge in [-0.05, 0) is 36.4 Å². The maximum atomic E-state index is 7.87. The molecule has 0 bridgehead atoms. The van der Waals surface area contributed by atoms with E-state index in [1.807, 2.05) is 54.6 Å². The Morgan fingerprint density at radius 3 is 1.30 bits per heavy atom. The van der Waals surface area contributed by atoms with E-state index in [4.69, 9.17) is 10.2 Å². The van der Waals surface area contributed by atoms with Crippen LogP contribution in [-0.4, -0.2) is 36.0 Å². The second-order valence-corrected chi connectivity index (χ2v) is 6.40. The van der Waals surface area contributed by atoms with Gasteiger partial charge in [-0.15, -0.1) is 0 Å². The van der Waals surface area contributed by atoms with Gasteiger partial charge in [-0.3, -0.25) is 9.97 Å². The first-order valence-corrected chi connectivity index (χ1v) is 8.82. The normalized spacial score (nSPS) is 11.5. The topological polar surface area (TPSA) is 79.1 Å². The number of aliphatic hydroxyl groups is 2. The number of rotatable bonds is 2. The van der Waals surface area contributed by atoms with Gasteiger partial charge in [-0.25, -0.2) is 4.98 Å². The standard InChI is InChI=1S/C15H11N3.2C2H6OS.Pt/c1-3-10-16-12(6-1)14-8-5-9-15(18-14)13-7-2-4-11-17-13;2*1-2(3)4;/h1-11H;2*2-4H,1H3;/q;;;+2/p-2. The van der Waals surface area contributed by atoms with E-state index in [2.05, 4.69) is 40.2 Å². The van der Waals surface area contributed by atoms with E-state index < -0.39 is 10.9 Å². The second-order valence-electron chi connectivity index (χ2n) is 5.04. The van der Waals surface area contributed by atoms with Crippen LogP contribution in [0.5, 0.6) is 0 Å². The maximum absolute atomic E-state index is 7.87. The Bertz CT molecular complexity index is 682. The average Bonchev–Trinajstić information content (AvgIpc) is 2.62. The summed E-state index contributed by atoms with van der Waals surface area (Å²) in [6.07, 6.45) is 3.54. The van der Waals surface area contributed by atoms with E-state index in [9.17, 15) is 0 Å². The molecule has 0 amide bonds. The molecule has 2 atom stereocenters. The van der Waals surface area contributed by atoms with E-state index in [0.717, 1.165) is 22.8 Å². The Balaban J connectivity index is 0.000000646. The number of hydrogen-bond acceptors (Lipinski definition) is 7. The summed E-state index contributed by atoms with van der Waals surface area (Å²) in [6, 6.07) is 17.5. The third-order valence-corrected chi connectivity index (χ3v) is 2.60. The van der Waals surface area contributed by atoms with Gasteiger partial charge in [-0.2, -0.15) is 0 Å². The van der Waals surface area contributed by atoms with Crippen molar-refractivity contribution in [2.24, 2.45) is 0 Å². The van der Waals surface area contributed by atoms with Gasteiger partial charge in [0, 0.05) is 12.4 Å². The molecule has 2 unspecified atom stereocenters. The third kappa shape index (κ3) is 11.9. The molecule has 2 N–H and O–H groups in total. The fraction of sp³-hybridized carbons (Fsp3) is 0.211. The summed E-state index contributed by atoms with van der Waals surface area (Å²) in [6.45, 7) is 3.07. The predicted octanol–water partition coefficient (Wildman–Crippen LogP) is 2.95. The van der Waals surface area contributed by atoms with Crippen LogP contribution in [0.15, 0.2) is 67.0 Å². The molecule has 8 heteroatoms. The zero-order valence-electron chi connectivity index (χ0n) is 14.9. The third-order valence-electron chi connectivity index (χ3n) is 2.60. The van der Waals surface area contributed by atoms with Crippen molar-refractivity contribution in [3.63, 3.8) is 0 Å². The van der Waals surface area contributed by atoms with Gasteiger partial charge in [0.15, 0.2) is 0 Å². The second kappa shape index (κ2) is 14.8. The molecule has 3 heterocycles. The van der Waals surface area contributed by atoms with Crippen molar-refractivity contribution in [1.29, 1.82) is 0 Å².